The maximum Gasteiger partial charge on any atom is 0.410 e. The number of likely N-dealkylation sites (tertiary alicyclic amines) is 1. The number of benzene rings is 2. The molecule has 1 aliphatic rings. The van der Waals surface area contributed by atoms with Gasteiger partial charge in [-0.15, -0.1) is 0 Å². The smallest absolute Gasteiger partial charge is 0.410 e. The number of hydrogen-bond donors (Lipinski definition) is 2. The molecule has 0 saturated carbocycles. The van der Waals surface area contributed by atoms with Crippen LogP contribution in [-0.4, -0.2) is 69.6 Å². The van der Waals surface area contributed by atoms with E-state index in [1.807, 2.05) is 24.3 Å². The molecule has 0 aromatic heterocycles. The van der Waals surface area contributed by atoms with E-state index in [0.717, 1.165) is 32.5 Å². The van der Waals surface area contributed by atoms with E-state index in [9.17, 15) is 19.4 Å². The summed E-state index contributed by atoms with van der Waals surface area (Å²) >= 11 is 6.00. The zero-order valence-electron chi connectivity index (χ0n) is 22.0. The Morgan fingerprint density at radius 3 is 2.38 bits per heavy atom. The van der Waals surface area contributed by atoms with Crippen LogP contribution in [0.1, 0.15) is 51.7 Å². The summed E-state index contributed by atoms with van der Waals surface area (Å²) < 4.78 is 25.1. The summed E-state index contributed by atoms with van der Waals surface area (Å²) in [4.78, 5) is 17.1. The van der Waals surface area contributed by atoms with Crippen molar-refractivity contribution in [1.82, 2.24) is 9.80 Å². The number of hydrogen-bond acceptors (Lipinski definition) is 6. The van der Waals surface area contributed by atoms with Crippen LogP contribution in [0.15, 0.2) is 42.5 Å². The molecule has 204 valence electrons. The topological polar surface area (TPSA) is 82.5 Å². The van der Waals surface area contributed by atoms with Crippen LogP contribution in [0, 0.1) is 5.82 Å². The zero-order valence-corrected chi connectivity index (χ0v) is 22.8. The van der Waals surface area contributed by atoms with Crippen molar-refractivity contribution in [3.63, 3.8) is 0 Å². The van der Waals surface area contributed by atoms with Crippen LogP contribution in [0.25, 0.3) is 0 Å². The van der Waals surface area contributed by atoms with Crippen LogP contribution in [-0.2, 0) is 17.9 Å². The molecular weight excluding hydrogens is 499 g/mol. The standard InChI is InChI=1S/C28H38ClFN2O5/c1-27(2,3)37-26(34)32(18-28(4,35)19-36-25-15-23(30)10-7-21(25)17-33)24-11-13-31(14-12-24)16-20-5-8-22(29)9-6-20/h5-10,15,24,33,35H,11-14,16-19H2,1-4H3/t28-/m0/s1. The summed E-state index contributed by atoms with van der Waals surface area (Å²) in [5.41, 5.74) is -0.554. The SMILES string of the molecule is CC(C)(C)OC(=O)N(C[C@](C)(O)COc1cc(F)ccc1CO)C1CCN(Cc2ccc(Cl)cc2)CC1. The van der Waals surface area contributed by atoms with E-state index in [2.05, 4.69) is 4.90 Å². The van der Waals surface area contributed by atoms with Crippen molar-refractivity contribution in [2.24, 2.45) is 0 Å². The van der Waals surface area contributed by atoms with Crippen LogP contribution < -0.4 is 4.74 Å². The van der Waals surface area contributed by atoms with Gasteiger partial charge in [-0.05, 0) is 64.3 Å². The number of amides is 1. The van der Waals surface area contributed by atoms with E-state index < -0.39 is 23.1 Å². The molecule has 2 N–H and O–H groups in total. The van der Waals surface area contributed by atoms with E-state index in [0.29, 0.717) is 10.6 Å². The highest BCUT2D eigenvalue weighted by Crippen LogP contribution is 2.25. The molecule has 1 heterocycles. The Morgan fingerprint density at radius 2 is 1.78 bits per heavy atom. The van der Waals surface area contributed by atoms with Crippen LogP contribution >= 0.6 is 11.6 Å². The lowest BCUT2D eigenvalue weighted by molar-refractivity contribution is -0.0459. The lowest BCUT2D eigenvalue weighted by Crippen LogP contribution is -2.55. The minimum Gasteiger partial charge on any atom is -0.490 e. The molecule has 0 spiro atoms. The largest absolute Gasteiger partial charge is 0.490 e. The van der Waals surface area contributed by atoms with E-state index >= 15 is 0 Å². The van der Waals surface area contributed by atoms with Gasteiger partial charge in [0.2, 0.25) is 0 Å². The molecule has 0 bridgehead atoms. The van der Waals surface area contributed by atoms with Gasteiger partial charge in [-0.2, -0.15) is 0 Å². The van der Waals surface area contributed by atoms with Gasteiger partial charge in [-0.3, -0.25) is 4.90 Å². The van der Waals surface area contributed by atoms with Crippen LogP contribution in [0.3, 0.4) is 0 Å². The quantitative estimate of drug-likeness (QED) is 0.469. The average Bonchev–Trinajstić information content (AvgIpc) is 2.82. The normalized spacial score (nSPS) is 16.8. The van der Waals surface area contributed by atoms with Gasteiger partial charge in [0.1, 0.15) is 29.4 Å². The first-order valence-corrected chi connectivity index (χ1v) is 12.9. The van der Waals surface area contributed by atoms with Gasteiger partial charge in [0.05, 0.1) is 13.2 Å². The van der Waals surface area contributed by atoms with Gasteiger partial charge >= 0.3 is 6.09 Å². The van der Waals surface area contributed by atoms with E-state index in [1.165, 1.54) is 23.8 Å². The van der Waals surface area contributed by atoms with Crippen molar-refractivity contribution < 1.29 is 28.9 Å². The summed E-state index contributed by atoms with van der Waals surface area (Å²) in [6, 6.07) is 11.5. The Balaban J connectivity index is 1.67. The van der Waals surface area contributed by atoms with E-state index in [-0.39, 0.29) is 31.5 Å². The minimum atomic E-state index is -1.45. The highest BCUT2D eigenvalue weighted by Gasteiger charge is 2.36. The Kier molecular flexibility index (Phi) is 9.80. The number of ether oxygens (including phenoxy) is 2. The number of aliphatic hydroxyl groups is 2. The van der Waals surface area contributed by atoms with Crippen molar-refractivity contribution in [1.29, 1.82) is 0 Å². The second-order valence-electron chi connectivity index (χ2n) is 10.9. The molecule has 2 aromatic carbocycles. The second-order valence-corrected chi connectivity index (χ2v) is 11.4. The summed E-state index contributed by atoms with van der Waals surface area (Å²) in [6.45, 7) is 8.81. The minimum absolute atomic E-state index is 0.0203. The molecule has 1 amide bonds. The van der Waals surface area contributed by atoms with E-state index in [4.69, 9.17) is 21.1 Å². The molecular formula is C28H38ClFN2O5. The molecule has 1 fully saturated rings. The number of carbonyl (C=O) groups is 1. The Morgan fingerprint density at radius 1 is 1.14 bits per heavy atom. The zero-order chi connectivity index (χ0) is 27.2. The van der Waals surface area contributed by atoms with Crippen molar-refractivity contribution in [3.05, 3.63) is 64.4 Å². The molecule has 0 unspecified atom stereocenters. The number of halogens is 2. The summed E-state index contributed by atoms with van der Waals surface area (Å²) in [5, 5.41) is 21.4. The number of carbonyl (C=O) groups excluding carboxylic acids is 1. The van der Waals surface area contributed by atoms with Gasteiger partial charge in [0.25, 0.3) is 0 Å². The summed E-state index contributed by atoms with van der Waals surface area (Å²) in [5.74, 6) is -0.352. The van der Waals surface area contributed by atoms with Gasteiger partial charge in [-0.1, -0.05) is 29.8 Å². The number of nitrogens with zero attached hydrogens (tertiary/aromatic N) is 2. The molecule has 1 atom stereocenters. The first kappa shape index (κ1) is 29.2. The lowest BCUT2D eigenvalue weighted by atomic mass is 10.00. The Labute approximate surface area is 223 Å². The lowest BCUT2D eigenvalue weighted by Gasteiger charge is -2.41. The number of aliphatic hydroxyl groups excluding tert-OH is 1. The monoisotopic (exact) mass is 536 g/mol. The third-order valence-corrected chi connectivity index (χ3v) is 6.45. The van der Waals surface area contributed by atoms with Crippen molar-refractivity contribution >= 4 is 17.7 Å². The number of rotatable bonds is 9. The summed E-state index contributed by atoms with van der Waals surface area (Å²) in [7, 11) is 0. The fourth-order valence-corrected chi connectivity index (χ4v) is 4.47. The maximum atomic E-state index is 13.7. The van der Waals surface area contributed by atoms with Gasteiger partial charge < -0.3 is 24.6 Å². The van der Waals surface area contributed by atoms with Crippen molar-refractivity contribution in [3.8, 4) is 5.75 Å². The third kappa shape index (κ3) is 9.14. The van der Waals surface area contributed by atoms with E-state index in [1.54, 1.807) is 32.6 Å². The summed E-state index contributed by atoms with van der Waals surface area (Å²) in [6.07, 6.45) is 0.954. The number of piperidine rings is 1. The predicted octanol–water partition coefficient (Wildman–Crippen LogP) is 5.00. The molecule has 0 aliphatic carbocycles. The average molecular weight is 537 g/mol. The molecule has 9 heteroatoms. The molecule has 37 heavy (non-hydrogen) atoms. The molecule has 1 aliphatic heterocycles. The maximum absolute atomic E-state index is 13.7. The Bertz CT molecular complexity index is 1030. The predicted molar refractivity (Wildman–Crippen MR) is 141 cm³/mol. The van der Waals surface area contributed by atoms with Crippen LogP contribution in [0.2, 0.25) is 5.02 Å². The molecule has 7 nitrogen and oxygen atoms in total. The highest BCUT2D eigenvalue weighted by atomic mass is 35.5. The first-order chi connectivity index (χ1) is 17.3. The molecule has 3 rings (SSSR count). The highest BCUT2D eigenvalue weighted by molar-refractivity contribution is 6.30. The second kappa shape index (κ2) is 12.4. The van der Waals surface area contributed by atoms with Crippen molar-refractivity contribution in [2.45, 2.75) is 70.9 Å². The Hall–Kier alpha value is -2.39. The van der Waals surface area contributed by atoms with Crippen LogP contribution in [0.4, 0.5) is 9.18 Å². The van der Waals surface area contributed by atoms with Gasteiger partial charge in [0, 0.05) is 42.3 Å². The van der Waals surface area contributed by atoms with Gasteiger partial charge in [-0.25, -0.2) is 9.18 Å². The van der Waals surface area contributed by atoms with Gasteiger partial charge in [0.15, 0.2) is 0 Å². The first-order valence-electron chi connectivity index (χ1n) is 12.6. The molecule has 1 saturated heterocycles. The van der Waals surface area contributed by atoms with Crippen LogP contribution in [0.5, 0.6) is 5.75 Å². The van der Waals surface area contributed by atoms with Crippen molar-refractivity contribution in [2.75, 3.05) is 26.2 Å². The molecule has 0 radical (unpaired) electrons. The fraction of sp³-hybridized carbons (Fsp3) is 0.536. The molecule has 2 aromatic rings. The third-order valence-electron chi connectivity index (χ3n) is 6.19. The fourth-order valence-electron chi connectivity index (χ4n) is 4.34.